The molecule has 1 heterocycles. The van der Waals surface area contributed by atoms with Crippen molar-refractivity contribution in [2.45, 2.75) is 51.3 Å². The molecule has 5 nitrogen and oxygen atoms in total. The van der Waals surface area contributed by atoms with Crippen molar-refractivity contribution in [1.82, 2.24) is 14.9 Å². The Labute approximate surface area is 150 Å². The van der Waals surface area contributed by atoms with E-state index < -0.39 is 0 Å². The third-order valence-corrected chi connectivity index (χ3v) is 5.28. The summed E-state index contributed by atoms with van der Waals surface area (Å²) in [5, 5.41) is 13.3. The first-order chi connectivity index (χ1) is 12.2. The molecule has 5 heteroatoms. The second-order valence-electron chi connectivity index (χ2n) is 7.03. The van der Waals surface area contributed by atoms with E-state index in [0.29, 0.717) is 18.6 Å². The number of nitrogens with one attached hydrogen (secondary N) is 1. The molecule has 1 fully saturated rings. The van der Waals surface area contributed by atoms with Crippen molar-refractivity contribution < 1.29 is 9.84 Å². The van der Waals surface area contributed by atoms with Crippen LogP contribution in [0.1, 0.15) is 50.0 Å². The van der Waals surface area contributed by atoms with E-state index in [0.717, 1.165) is 24.4 Å². The molecule has 136 valence electrons. The molecule has 0 amide bonds. The molecule has 2 N–H and O–H groups in total. The molecular weight excluding hydrogens is 314 g/mol. The lowest BCUT2D eigenvalue weighted by Crippen LogP contribution is -2.41. The predicted octanol–water partition coefficient (Wildman–Crippen LogP) is 3.20. The monoisotopic (exact) mass is 343 g/mol. The third-order valence-electron chi connectivity index (χ3n) is 5.28. The number of aromatic nitrogens is 2. The second-order valence-corrected chi connectivity index (χ2v) is 7.03. The Hall–Kier alpha value is -1.85. The minimum absolute atomic E-state index is 0.265. The summed E-state index contributed by atoms with van der Waals surface area (Å²) in [5.74, 6) is 2.15. The highest BCUT2D eigenvalue weighted by molar-refractivity contribution is 5.29. The van der Waals surface area contributed by atoms with Crippen molar-refractivity contribution in [3.05, 3.63) is 48.0 Å². The van der Waals surface area contributed by atoms with Crippen LogP contribution in [0.25, 0.3) is 0 Å². The van der Waals surface area contributed by atoms with Gasteiger partial charge in [0.25, 0.3) is 0 Å². The Morgan fingerprint density at radius 3 is 2.72 bits per heavy atom. The molecule has 1 aromatic heterocycles. The summed E-state index contributed by atoms with van der Waals surface area (Å²) in [6.07, 6.45) is 8.46. The zero-order chi connectivity index (χ0) is 17.6. The molecule has 25 heavy (non-hydrogen) atoms. The number of aryl methyl sites for hydroxylation is 1. The molecular formula is C20H29N3O2. The van der Waals surface area contributed by atoms with Crippen molar-refractivity contribution in [1.29, 1.82) is 0 Å². The van der Waals surface area contributed by atoms with Crippen LogP contribution in [0.3, 0.4) is 0 Å². The molecule has 1 aliphatic carbocycles. The van der Waals surface area contributed by atoms with Gasteiger partial charge < -0.3 is 19.7 Å². The van der Waals surface area contributed by atoms with Gasteiger partial charge in [-0.15, -0.1) is 0 Å². The zero-order valence-corrected chi connectivity index (χ0v) is 15.2. The van der Waals surface area contributed by atoms with Gasteiger partial charge in [-0.05, 0) is 43.4 Å². The van der Waals surface area contributed by atoms with Crippen LogP contribution < -0.4 is 10.1 Å². The number of ether oxygens (including phenoxy) is 1. The standard InChI is InChI=1S/C20H29N3O2/c1-15(22-19-6-4-3-5-17(19)13-24)16-7-9-18(10-8-16)25-14-20-21-11-12-23(20)2/h7-12,15,17,19,22,24H,3-6,13-14H2,1-2H3. The fourth-order valence-corrected chi connectivity index (χ4v) is 3.60. The first-order valence-corrected chi connectivity index (χ1v) is 9.23. The van der Waals surface area contributed by atoms with Crippen molar-refractivity contribution in [2.24, 2.45) is 13.0 Å². The molecule has 2 aromatic rings. The molecule has 0 spiro atoms. The fourth-order valence-electron chi connectivity index (χ4n) is 3.60. The molecule has 0 aliphatic heterocycles. The maximum Gasteiger partial charge on any atom is 0.146 e. The van der Waals surface area contributed by atoms with Crippen LogP contribution in [0.15, 0.2) is 36.7 Å². The van der Waals surface area contributed by atoms with E-state index >= 15 is 0 Å². The summed E-state index contributed by atoms with van der Waals surface area (Å²) in [7, 11) is 1.97. The van der Waals surface area contributed by atoms with Crippen LogP contribution in [0.5, 0.6) is 5.75 Å². The number of benzene rings is 1. The summed E-state index contributed by atoms with van der Waals surface area (Å²) in [6.45, 7) is 2.94. The summed E-state index contributed by atoms with van der Waals surface area (Å²) < 4.78 is 7.77. The van der Waals surface area contributed by atoms with Crippen LogP contribution in [-0.4, -0.2) is 27.3 Å². The lowest BCUT2D eigenvalue weighted by atomic mass is 9.84. The highest BCUT2D eigenvalue weighted by Crippen LogP contribution is 2.27. The van der Waals surface area contributed by atoms with E-state index in [1.54, 1.807) is 6.20 Å². The summed E-state index contributed by atoms with van der Waals surface area (Å²) in [4.78, 5) is 4.26. The van der Waals surface area contributed by atoms with Crippen LogP contribution in [0.4, 0.5) is 0 Å². The van der Waals surface area contributed by atoms with Crippen molar-refractivity contribution in [3.8, 4) is 5.75 Å². The molecule has 0 saturated heterocycles. The Morgan fingerprint density at radius 2 is 2.04 bits per heavy atom. The molecule has 0 radical (unpaired) electrons. The SMILES string of the molecule is CC(NC1CCCCC1CO)c1ccc(OCc2nccn2C)cc1. The molecule has 1 aromatic carbocycles. The highest BCUT2D eigenvalue weighted by atomic mass is 16.5. The quantitative estimate of drug-likeness (QED) is 0.810. The summed E-state index contributed by atoms with van der Waals surface area (Å²) >= 11 is 0. The lowest BCUT2D eigenvalue weighted by Gasteiger charge is -2.33. The average Bonchev–Trinajstić information content (AvgIpc) is 3.06. The van der Waals surface area contributed by atoms with Gasteiger partial charge in [0.1, 0.15) is 18.2 Å². The van der Waals surface area contributed by atoms with Gasteiger partial charge in [0.15, 0.2) is 0 Å². The van der Waals surface area contributed by atoms with E-state index in [2.05, 4.69) is 29.4 Å². The number of rotatable bonds is 7. The lowest BCUT2D eigenvalue weighted by molar-refractivity contribution is 0.147. The van der Waals surface area contributed by atoms with E-state index in [4.69, 9.17) is 4.74 Å². The van der Waals surface area contributed by atoms with Gasteiger partial charge in [-0.25, -0.2) is 4.98 Å². The van der Waals surface area contributed by atoms with Gasteiger partial charge in [0.05, 0.1) is 0 Å². The molecule has 3 unspecified atom stereocenters. The molecule has 1 aliphatic rings. The second kappa shape index (κ2) is 8.50. The fraction of sp³-hybridized carbons (Fsp3) is 0.550. The highest BCUT2D eigenvalue weighted by Gasteiger charge is 2.25. The van der Waals surface area contributed by atoms with Crippen molar-refractivity contribution in [3.63, 3.8) is 0 Å². The Kier molecular flexibility index (Phi) is 6.10. The molecule has 1 saturated carbocycles. The number of aliphatic hydroxyl groups excluding tert-OH is 1. The predicted molar refractivity (Wildman–Crippen MR) is 98.4 cm³/mol. The van der Waals surface area contributed by atoms with E-state index in [1.807, 2.05) is 29.9 Å². The van der Waals surface area contributed by atoms with Gasteiger partial charge in [-0.1, -0.05) is 25.0 Å². The first kappa shape index (κ1) is 18.0. The van der Waals surface area contributed by atoms with Gasteiger partial charge >= 0.3 is 0 Å². The van der Waals surface area contributed by atoms with Crippen LogP contribution in [0.2, 0.25) is 0 Å². The topological polar surface area (TPSA) is 59.3 Å². The maximum absolute atomic E-state index is 9.57. The zero-order valence-electron chi connectivity index (χ0n) is 15.2. The van der Waals surface area contributed by atoms with Gasteiger partial charge in [0, 0.05) is 38.1 Å². The minimum atomic E-state index is 0.265. The number of hydrogen-bond acceptors (Lipinski definition) is 4. The first-order valence-electron chi connectivity index (χ1n) is 9.23. The van der Waals surface area contributed by atoms with Crippen LogP contribution >= 0.6 is 0 Å². The molecule has 3 atom stereocenters. The van der Waals surface area contributed by atoms with Gasteiger partial charge in [0.2, 0.25) is 0 Å². The van der Waals surface area contributed by atoms with Gasteiger partial charge in [-0.2, -0.15) is 0 Å². The average molecular weight is 343 g/mol. The third kappa shape index (κ3) is 4.61. The van der Waals surface area contributed by atoms with Crippen LogP contribution in [0, 0.1) is 5.92 Å². The summed E-state index contributed by atoms with van der Waals surface area (Å²) in [5.41, 5.74) is 1.24. The maximum atomic E-state index is 9.57. The Morgan fingerprint density at radius 1 is 1.28 bits per heavy atom. The Bertz CT molecular complexity index is 653. The number of nitrogens with zero attached hydrogens (tertiary/aromatic N) is 2. The minimum Gasteiger partial charge on any atom is -0.486 e. The smallest absolute Gasteiger partial charge is 0.146 e. The number of aliphatic hydroxyl groups is 1. The van der Waals surface area contributed by atoms with Crippen molar-refractivity contribution >= 4 is 0 Å². The van der Waals surface area contributed by atoms with E-state index in [-0.39, 0.29) is 12.6 Å². The van der Waals surface area contributed by atoms with Crippen LogP contribution in [-0.2, 0) is 13.7 Å². The largest absolute Gasteiger partial charge is 0.486 e. The number of hydrogen-bond donors (Lipinski definition) is 2. The van der Waals surface area contributed by atoms with E-state index in [9.17, 15) is 5.11 Å². The molecule has 3 rings (SSSR count). The Balaban J connectivity index is 1.55. The van der Waals surface area contributed by atoms with Gasteiger partial charge in [-0.3, -0.25) is 0 Å². The van der Waals surface area contributed by atoms with Crippen molar-refractivity contribution in [2.75, 3.05) is 6.61 Å². The number of imidazole rings is 1. The normalized spacial score (nSPS) is 21.9. The molecule has 0 bridgehead atoms. The van der Waals surface area contributed by atoms with E-state index in [1.165, 1.54) is 18.4 Å². The summed E-state index contributed by atoms with van der Waals surface area (Å²) in [6, 6.07) is 8.93.